The second-order valence-electron chi connectivity index (χ2n) is 5.47. The minimum Gasteiger partial charge on any atom is -0.478 e. The van der Waals surface area contributed by atoms with Crippen molar-refractivity contribution in [1.29, 1.82) is 0 Å². The standard InChI is InChI=1S/C16H21NO3/c1-10(2)17-9-12(5-4-6-18)14-7-11(3)13(16(19)20)8-15(14)17/h7-10,18H,4-6H2,1-3H3,(H,19,20). The van der Waals surface area contributed by atoms with Crippen molar-refractivity contribution in [2.75, 3.05) is 6.61 Å². The zero-order valence-electron chi connectivity index (χ0n) is 12.2. The van der Waals surface area contributed by atoms with Crippen LogP contribution in [0.25, 0.3) is 10.9 Å². The number of hydrogen-bond donors (Lipinski definition) is 2. The Kier molecular flexibility index (Phi) is 4.14. The number of aromatic carboxylic acids is 1. The number of nitrogens with zero attached hydrogens (tertiary/aromatic N) is 1. The van der Waals surface area contributed by atoms with Gasteiger partial charge in [0, 0.05) is 29.7 Å². The zero-order valence-corrected chi connectivity index (χ0v) is 12.2. The average Bonchev–Trinajstić information content (AvgIpc) is 2.73. The molecular weight excluding hydrogens is 254 g/mol. The highest BCUT2D eigenvalue weighted by atomic mass is 16.4. The predicted molar refractivity (Wildman–Crippen MR) is 79.4 cm³/mol. The third-order valence-electron chi connectivity index (χ3n) is 3.65. The molecule has 108 valence electrons. The lowest BCUT2D eigenvalue weighted by Crippen LogP contribution is -2.02. The van der Waals surface area contributed by atoms with E-state index in [-0.39, 0.29) is 12.6 Å². The van der Waals surface area contributed by atoms with Gasteiger partial charge in [0.1, 0.15) is 0 Å². The van der Waals surface area contributed by atoms with Crippen LogP contribution in [0.1, 0.15) is 47.8 Å². The number of aromatic nitrogens is 1. The lowest BCUT2D eigenvalue weighted by atomic mass is 10.0. The Hall–Kier alpha value is -1.81. The molecule has 0 radical (unpaired) electrons. The van der Waals surface area contributed by atoms with Gasteiger partial charge in [-0.25, -0.2) is 4.79 Å². The second-order valence-corrected chi connectivity index (χ2v) is 5.47. The first kappa shape index (κ1) is 14.6. The number of aryl methyl sites for hydroxylation is 2. The lowest BCUT2D eigenvalue weighted by Gasteiger charge is -2.10. The van der Waals surface area contributed by atoms with Crippen LogP contribution in [0.3, 0.4) is 0 Å². The summed E-state index contributed by atoms with van der Waals surface area (Å²) in [6, 6.07) is 3.98. The highest BCUT2D eigenvalue weighted by molar-refractivity contribution is 5.96. The second kappa shape index (κ2) is 5.67. The molecular formula is C16H21NO3. The molecule has 0 unspecified atom stereocenters. The number of aliphatic hydroxyl groups excluding tert-OH is 1. The first-order chi connectivity index (χ1) is 9.45. The molecule has 0 spiro atoms. The van der Waals surface area contributed by atoms with Gasteiger partial charge in [0.2, 0.25) is 0 Å². The fraction of sp³-hybridized carbons (Fsp3) is 0.438. The molecule has 0 aliphatic heterocycles. The smallest absolute Gasteiger partial charge is 0.336 e. The predicted octanol–water partition coefficient (Wildman–Crippen LogP) is 3.15. The molecule has 0 bridgehead atoms. The van der Waals surface area contributed by atoms with E-state index in [4.69, 9.17) is 5.11 Å². The largest absolute Gasteiger partial charge is 0.478 e. The highest BCUT2D eigenvalue weighted by Gasteiger charge is 2.15. The van der Waals surface area contributed by atoms with Crippen molar-refractivity contribution in [2.24, 2.45) is 0 Å². The molecule has 4 nitrogen and oxygen atoms in total. The van der Waals surface area contributed by atoms with E-state index in [1.54, 1.807) is 6.07 Å². The molecule has 1 aromatic carbocycles. The molecule has 0 aliphatic rings. The summed E-state index contributed by atoms with van der Waals surface area (Å²) in [6.07, 6.45) is 3.60. The van der Waals surface area contributed by atoms with Crippen molar-refractivity contribution < 1.29 is 15.0 Å². The van der Waals surface area contributed by atoms with Crippen LogP contribution in [0, 0.1) is 6.92 Å². The van der Waals surface area contributed by atoms with Gasteiger partial charge in [0.25, 0.3) is 0 Å². The quantitative estimate of drug-likeness (QED) is 0.881. The SMILES string of the molecule is Cc1cc2c(CCCO)cn(C(C)C)c2cc1C(=O)O. The number of hydrogen-bond acceptors (Lipinski definition) is 2. The zero-order chi connectivity index (χ0) is 14.9. The Balaban J connectivity index is 2.66. The third kappa shape index (κ3) is 2.56. The maximum Gasteiger partial charge on any atom is 0.336 e. The molecule has 20 heavy (non-hydrogen) atoms. The highest BCUT2D eigenvalue weighted by Crippen LogP contribution is 2.28. The Morgan fingerprint density at radius 3 is 2.60 bits per heavy atom. The number of aliphatic hydroxyl groups is 1. The minimum absolute atomic E-state index is 0.167. The lowest BCUT2D eigenvalue weighted by molar-refractivity contribution is 0.0696. The molecule has 0 fully saturated rings. The van der Waals surface area contributed by atoms with E-state index < -0.39 is 5.97 Å². The van der Waals surface area contributed by atoms with Crippen molar-refractivity contribution in [2.45, 2.75) is 39.7 Å². The Morgan fingerprint density at radius 1 is 1.35 bits per heavy atom. The van der Waals surface area contributed by atoms with E-state index in [9.17, 15) is 9.90 Å². The summed E-state index contributed by atoms with van der Waals surface area (Å²) in [6.45, 7) is 6.15. The van der Waals surface area contributed by atoms with Gasteiger partial charge < -0.3 is 14.8 Å². The van der Waals surface area contributed by atoms with E-state index >= 15 is 0 Å². The fourth-order valence-electron chi connectivity index (χ4n) is 2.60. The summed E-state index contributed by atoms with van der Waals surface area (Å²) < 4.78 is 2.11. The fourth-order valence-corrected chi connectivity index (χ4v) is 2.60. The van der Waals surface area contributed by atoms with Crippen LogP contribution in [0.5, 0.6) is 0 Å². The van der Waals surface area contributed by atoms with Crippen LogP contribution in [0.2, 0.25) is 0 Å². The van der Waals surface area contributed by atoms with Crippen molar-refractivity contribution in [3.8, 4) is 0 Å². The van der Waals surface area contributed by atoms with Gasteiger partial charge in [-0.1, -0.05) is 0 Å². The molecule has 0 amide bonds. The van der Waals surface area contributed by atoms with Crippen LogP contribution < -0.4 is 0 Å². The van der Waals surface area contributed by atoms with E-state index in [0.717, 1.165) is 29.3 Å². The number of carboxylic acids is 1. The molecule has 1 heterocycles. The van der Waals surface area contributed by atoms with Gasteiger partial charge in [0.15, 0.2) is 0 Å². The molecule has 2 N–H and O–H groups in total. The summed E-state index contributed by atoms with van der Waals surface area (Å²) >= 11 is 0. The Bertz CT molecular complexity index is 641. The number of carbonyl (C=O) groups is 1. The maximum atomic E-state index is 11.3. The summed E-state index contributed by atoms with van der Waals surface area (Å²) in [5.74, 6) is -0.891. The van der Waals surface area contributed by atoms with Crippen molar-refractivity contribution in [3.05, 3.63) is 35.0 Å². The normalized spacial score (nSPS) is 11.4. The molecule has 0 aliphatic carbocycles. The molecule has 4 heteroatoms. The van der Waals surface area contributed by atoms with Gasteiger partial charge in [-0.15, -0.1) is 0 Å². The summed E-state index contributed by atoms with van der Waals surface area (Å²) in [5, 5.41) is 19.4. The van der Waals surface area contributed by atoms with Gasteiger partial charge >= 0.3 is 5.97 Å². The van der Waals surface area contributed by atoms with E-state index in [2.05, 4.69) is 24.6 Å². The Labute approximate surface area is 118 Å². The van der Waals surface area contributed by atoms with Gasteiger partial charge in [-0.3, -0.25) is 0 Å². The third-order valence-corrected chi connectivity index (χ3v) is 3.65. The number of benzene rings is 1. The molecule has 2 aromatic rings. The van der Waals surface area contributed by atoms with Crippen molar-refractivity contribution in [1.82, 2.24) is 4.57 Å². The van der Waals surface area contributed by atoms with Crippen LogP contribution in [-0.2, 0) is 6.42 Å². The Morgan fingerprint density at radius 2 is 2.05 bits per heavy atom. The van der Waals surface area contributed by atoms with Gasteiger partial charge in [-0.05, 0) is 56.9 Å². The maximum absolute atomic E-state index is 11.3. The van der Waals surface area contributed by atoms with Crippen LogP contribution >= 0.6 is 0 Å². The average molecular weight is 275 g/mol. The van der Waals surface area contributed by atoms with E-state index in [0.29, 0.717) is 5.56 Å². The topological polar surface area (TPSA) is 62.5 Å². The summed E-state index contributed by atoms with van der Waals surface area (Å²) in [7, 11) is 0. The van der Waals surface area contributed by atoms with Gasteiger partial charge in [0.05, 0.1) is 5.56 Å². The molecule has 0 saturated carbocycles. The molecule has 0 atom stereocenters. The van der Waals surface area contributed by atoms with Crippen LogP contribution in [0.4, 0.5) is 0 Å². The monoisotopic (exact) mass is 275 g/mol. The molecule has 0 saturated heterocycles. The van der Waals surface area contributed by atoms with Gasteiger partial charge in [-0.2, -0.15) is 0 Å². The van der Waals surface area contributed by atoms with Crippen molar-refractivity contribution >= 4 is 16.9 Å². The number of carboxylic acid groups (broad SMARTS) is 1. The molecule has 1 aromatic heterocycles. The van der Waals surface area contributed by atoms with E-state index in [1.807, 2.05) is 13.0 Å². The number of rotatable bonds is 5. The summed E-state index contributed by atoms with van der Waals surface area (Å²) in [5.41, 5.74) is 3.25. The van der Waals surface area contributed by atoms with E-state index in [1.165, 1.54) is 5.56 Å². The van der Waals surface area contributed by atoms with Crippen LogP contribution in [0.15, 0.2) is 18.3 Å². The van der Waals surface area contributed by atoms with Crippen LogP contribution in [-0.4, -0.2) is 27.4 Å². The minimum atomic E-state index is -0.891. The summed E-state index contributed by atoms with van der Waals surface area (Å²) in [4.78, 5) is 11.3. The van der Waals surface area contributed by atoms with Crippen molar-refractivity contribution in [3.63, 3.8) is 0 Å². The first-order valence-electron chi connectivity index (χ1n) is 6.94. The first-order valence-corrected chi connectivity index (χ1v) is 6.94. The molecule has 2 rings (SSSR count). The number of fused-ring (bicyclic) bond motifs is 1.